The van der Waals surface area contributed by atoms with Crippen LogP contribution in [0.25, 0.3) is 0 Å². The first-order valence-electron chi connectivity index (χ1n) is 8.49. The van der Waals surface area contributed by atoms with Crippen LogP contribution < -0.4 is 11.1 Å². The van der Waals surface area contributed by atoms with E-state index in [2.05, 4.69) is 5.32 Å². The van der Waals surface area contributed by atoms with E-state index in [1.807, 2.05) is 30.3 Å². The number of likely N-dealkylation sites (tertiary alicyclic amines) is 1. The number of nitrogens with zero attached hydrogens (tertiary/aromatic N) is 1. The van der Waals surface area contributed by atoms with E-state index in [0.717, 1.165) is 19.3 Å². The molecule has 2 fully saturated rings. The van der Waals surface area contributed by atoms with Crippen molar-refractivity contribution in [2.45, 2.75) is 50.2 Å². The highest BCUT2D eigenvalue weighted by molar-refractivity contribution is 5.94. The first kappa shape index (κ1) is 16.0. The van der Waals surface area contributed by atoms with Crippen molar-refractivity contribution in [2.75, 3.05) is 6.54 Å². The number of carbonyl (C=O) groups excluding carboxylic acids is 2. The predicted octanol–water partition coefficient (Wildman–Crippen LogP) is 1.88. The molecule has 3 rings (SSSR count). The highest BCUT2D eigenvalue weighted by Gasteiger charge is 2.44. The molecule has 5 nitrogen and oxygen atoms in total. The summed E-state index contributed by atoms with van der Waals surface area (Å²) in [6, 6.07) is 9.21. The largest absolute Gasteiger partial charge is 0.338 e. The van der Waals surface area contributed by atoms with Crippen LogP contribution >= 0.6 is 0 Å². The van der Waals surface area contributed by atoms with Crippen molar-refractivity contribution in [1.29, 1.82) is 0 Å². The second-order valence-corrected chi connectivity index (χ2v) is 6.83. The fourth-order valence-electron chi connectivity index (χ4n) is 4.15. The Morgan fingerprint density at radius 3 is 2.61 bits per heavy atom. The van der Waals surface area contributed by atoms with Gasteiger partial charge in [-0.25, -0.2) is 0 Å². The molecule has 124 valence electrons. The number of hydrogen-bond donors (Lipinski definition) is 2. The minimum Gasteiger partial charge on any atom is -0.338 e. The van der Waals surface area contributed by atoms with Crippen molar-refractivity contribution < 1.29 is 9.59 Å². The van der Waals surface area contributed by atoms with E-state index in [-0.39, 0.29) is 17.6 Å². The molecule has 1 saturated carbocycles. The molecule has 0 aromatic heterocycles. The van der Waals surface area contributed by atoms with Gasteiger partial charge in [0, 0.05) is 24.1 Å². The van der Waals surface area contributed by atoms with E-state index in [0.29, 0.717) is 30.9 Å². The quantitative estimate of drug-likeness (QED) is 0.833. The van der Waals surface area contributed by atoms with E-state index in [9.17, 15) is 9.59 Å². The summed E-state index contributed by atoms with van der Waals surface area (Å²) in [4.78, 5) is 25.5. The smallest absolute Gasteiger partial charge is 0.255 e. The van der Waals surface area contributed by atoms with E-state index in [4.69, 9.17) is 5.73 Å². The fourth-order valence-corrected chi connectivity index (χ4v) is 4.15. The summed E-state index contributed by atoms with van der Waals surface area (Å²) in [5.41, 5.74) is 7.07. The van der Waals surface area contributed by atoms with Gasteiger partial charge >= 0.3 is 0 Å². The standard InChI is InChI=1S/C18H25N3O2/c19-18(15-8-4-5-9-15)10-11-21(16(12-18)20-13-22)17(23)14-6-2-1-3-7-14/h1-3,6-7,13,15-16H,4-5,8-12,19H2,(H,20,22). The van der Waals surface area contributed by atoms with Crippen LogP contribution in [-0.2, 0) is 4.79 Å². The molecule has 2 amide bonds. The molecule has 1 aliphatic carbocycles. The lowest BCUT2D eigenvalue weighted by Gasteiger charge is -2.47. The lowest BCUT2D eigenvalue weighted by molar-refractivity contribution is -0.111. The molecule has 1 aromatic carbocycles. The van der Waals surface area contributed by atoms with Gasteiger partial charge in [-0.3, -0.25) is 9.59 Å². The summed E-state index contributed by atoms with van der Waals surface area (Å²) < 4.78 is 0. The maximum atomic E-state index is 12.7. The summed E-state index contributed by atoms with van der Waals surface area (Å²) in [7, 11) is 0. The summed E-state index contributed by atoms with van der Waals surface area (Å²) >= 11 is 0. The molecule has 0 bridgehead atoms. The van der Waals surface area contributed by atoms with Gasteiger partial charge in [-0.05, 0) is 37.3 Å². The summed E-state index contributed by atoms with van der Waals surface area (Å²) in [5, 5.41) is 2.81. The number of benzene rings is 1. The molecule has 1 aliphatic heterocycles. The van der Waals surface area contributed by atoms with Gasteiger partial charge in [0.05, 0.1) is 0 Å². The van der Waals surface area contributed by atoms with E-state index in [1.54, 1.807) is 4.90 Å². The molecule has 1 heterocycles. The number of hydrogen-bond acceptors (Lipinski definition) is 3. The van der Waals surface area contributed by atoms with Crippen LogP contribution in [-0.4, -0.2) is 35.5 Å². The van der Waals surface area contributed by atoms with E-state index in [1.165, 1.54) is 12.8 Å². The summed E-state index contributed by atoms with van der Waals surface area (Å²) in [5.74, 6) is 0.464. The predicted molar refractivity (Wildman–Crippen MR) is 88.6 cm³/mol. The zero-order valence-corrected chi connectivity index (χ0v) is 13.4. The van der Waals surface area contributed by atoms with Crippen LogP contribution in [0.3, 0.4) is 0 Å². The Kier molecular flexibility index (Phi) is 4.66. The van der Waals surface area contributed by atoms with E-state index < -0.39 is 0 Å². The Morgan fingerprint density at radius 1 is 1.26 bits per heavy atom. The van der Waals surface area contributed by atoms with E-state index >= 15 is 0 Å². The van der Waals surface area contributed by atoms with Gasteiger partial charge in [-0.15, -0.1) is 0 Å². The van der Waals surface area contributed by atoms with Crippen molar-refractivity contribution in [3.63, 3.8) is 0 Å². The Balaban J connectivity index is 1.77. The molecule has 0 spiro atoms. The number of nitrogens with two attached hydrogens (primary N) is 1. The van der Waals surface area contributed by atoms with Crippen molar-refractivity contribution in [1.82, 2.24) is 10.2 Å². The second kappa shape index (κ2) is 6.71. The van der Waals surface area contributed by atoms with Crippen molar-refractivity contribution >= 4 is 12.3 Å². The number of piperidine rings is 1. The molecule has 1 aromatic rings. The van der Waals surface area contributed by atoms with Crippen molar-refractivity contribution in [3.8, 4) is 0 Å². The number of rotatable bonds is 4. The van der Waals surface area contributed by atoms with Gasteiger partial charge in [-0.1, -0.05) is 31.0 Å². The fraction of sp³-hybridized carbons (Fsp3) is 0.556. The Hall–Kier alpha value is -1.88. The van der Waals surface area contributed by atoms with Gasteiger partial charge in [-0.2, -0.15) is 0 Å². The molecule has 2 atom stereocenters. The molecule has 1 saturated heterocycles. The monoisotopic (exact) mass is 315 g/mol. The zero-order valence-electron chi connectivity index (χ0n) is 13.4. The molecule has 5 heteroatoms. The zero-order chi connectivity index (χ0) is 16.3. The third kappa shape index (κ3) is 3.24. The highest BCUT2D eigenvalue weighted by Crippen LogP contribution is 2.40. The third-order valence-corrected chi connectivity index (χ3v) is 5.48. The number of carbonyl (C=O) groups is 2. The Labute approximate surface area is 137 Å². The average molecular weight is 315 g/mol. The molecule has 2 unspecified atom stereocenters. The van der Waals surface area contributed by atoms with Crippen LogP contribution in [0.2, 0.25) is 0 Å². The first-order chi connectivity index (χ1) is 11.1. The molecule has 2 aliphatic rings. The summed E-state index contributed by atoms with van der Waals surface area (Å²) in [6.07, 6.45) is 6.59. The van der Waals surface area contributed by atoms with Gasteiger partial charge in [0.15, 0.2) is 0 Å². The van der Waals surface area contributed by atoms with Gasteiger partial charge in [0.2, 0.25) is 6.41 Å². The van der Waals surface area contributed by atoms with Crippen LogP contribution in [0.5, 0.6) is 0 Å². The van der Waals surface area contributed by atoms with Crippen LogP contribution in [0.1, 0.15) is 48.9 Å². The highest BCUT2D eigenvalue weighted by atomic mass is 16.2. The maximum absolute atomic E-state index is 12.7. The molecular weight excluding hydrogens is 290 g/mol. The van der Waals surface area contributed by atoms with Gasteiger partial charge in [0.25, 0.3) is 5.91 Å². The Morgan fingerprint density at radius 2 is 1.96 bits per heavy atom. The number of amides is 2. The third-order valence-electron chi connectivity index (χ3n) is 5.48. The van der Waals surface area contributed by atoms with Crippen LogP contribution in [0.15, 0.2) is 30.3 Å². The van der Waals surface area contributed by atoms with Crippen LogP contribution in [0.4, 0.5) is 0 Å². The number of nitrogens with one attached hydrogen (secondary N) is 1. The van der Waals surface area contributed by atoms with Crippen molar-refractivity contribution in [3.05, 3.63) is 35.9 Å². The van der Waals surface area contributed by atoms with Gasteiger partial charge < -0.3 is 16.0 Å². The van der Waals surface area contributed by atoms with Gasteiger partial charge in [0.1, 0.15) is 6.17 Å². The lowest BCUT2D eigenvalue weighted by Crippen LogP contribution is -2.63. The molecule has 3 N–H and O–H groups in total. The molecular formula is C18H25N3O2. The topological polar surface area (TPSA) is 75.4 Å². The lowest BCUT2D eigenvalue weighted by atomic mass is 9.75. The molecule has 23 heavy (non-hydrogen) atoms. The Bertz CT molecular complexity index is 557. The first-order valence-corrected chi connectivity index (χ1v) is 8.49. The minimum absolute atomic E-state index is 0.0431. The molecule has 0 radical (unpaired) electrons. The summed E-state index contributed by atoms with van der Waals surface area (Å²) in [6.45, 7) is 0.590. The SMILES string of the molecule is NC1(C2CCCC2)CCN(C(=O)c2ccccc2)C(NC=O)C1. The van der Waals surface area contributed by atoms with Crippen molar-refractivity contribution in [2.24, 2.45) is 11.7 Å². The normalized spacial score (nSPS) is 28.6. The average Bonchev–Trinajstić information content (AvgIpc) is 3.11. The maximum Gasteiger partial charge on any atom is 0.255 e. The minimum atomic E-state index is -0.320. The second-order valence-electron chi connectivity index (χ2n) is 6.83. The van der Waals surface area contributed by atoms with Crippen LogP contribution in [0, 0.1) is 5.92 Å².